The van der Waals surface area contributed by atoms with Crippen LogP contribution in [0.1, 0.15) is 78.2 Å². The maximum absolute atomic E-state index is 14.1. The van der Waals surface area contributed by atoms with Gasteiger partial charge in [0.25, 0.3) is 23.6 Å². The van der Waals surface area contributed by atoms with Crippen molar-refractivity contribution in [1.29, 1.82) is 0 Å². The Morgan fingerprint density at radius 3 is 1.73 bits per heavy atom. The van der Waals surface area contributed by atoms with E-state index in [9.17, 15) is 39.0 Å². The van der Waals surface area contributed by atoms with Crippen LogP contribution in [0, 0.1) is 5.92 Å². The Kier molecular flexibility index (Phi) is 26.8. The van der Waals surface area contributed by atoms with Gasteiger partial charge < -0.3 is 68.7 Å². The van der Waals surface area contributed by atoms with Crippen LogP contribution in [-0.4, -0.2) is 177 Å². The molecular weight excluding hydrogens is 1320 g/mol. The minimum atomic E-state index is -1.25. The molecule has 0 aliphatic carbocycles. The van der Waals surface area contributed by atoms with Crippen molar-refractivity contribution in [3.8, 4) is 40.2 Å². The molecule has 3 heterocycles. The second kappa shape index (κ2) is 36.8. The van der Waals surface area contributed by atoms with Crippen LogP contribution in [0.25, 0.3) is 0 Å². The highest BCUT2D eigenvalue weighted by Gasteiger charge is 2.37. The van der Waals surface area contributed by atoms with E-state index >= 15 is 0 Å². The zero-order valence-corrected chi connectivity index (χ0v) is 58.5. The molecule has 0 bridgehead atoms. The van der Waals surface area contributed by atoms with Crippen molar-refractivity contribution in [2.75, 3.05) is 87.6 Å². The Morgan fingerprint density at radius 1 is 0.578 bits per heavy atom. The highest BCUT2D eigenvalue weighted by molar-refractivity contribution is 6.30. The fourth-order valence-corrected chi connectivity index (χ4v) is 12.6. The minimum absolute atomic E-state index is 0.0507. The van der Waals surface area contributed by atoms with Crippen molar-refractivity contribution in [1.82, 2.24) is 30.2 Å². The van der Waals surface area contributed by atoms with E-state index in [1.54, 1.807) is 78.7 Å². The summed E-state index contributed by atoms with van der Waals surface area (Å²) in [5, 5.41) is 30.0. The molecular formula is C80H87ClN6O15. The van der Waals surface area contributed by atoms with Crippen LogP contribution >= 0.6 is 11.6 Å². The van der Waals surface area contributed by atoms with E-state index in [2.05, 4.69) is 22.6 Å². The number of nitrogens with zero attached hydrogens (tertiary/aromatic N) is 4. The molecule has 1 saturated heterocycles. The molecule has 21 nitrogen and oxygen atoms in total. The summed E-state index contributed by atoms with van der Waals surface area (Å²) in [6.07, 6.45) is 0.823. The monoisotopic (exact) mass is 1410 g/mol. The first-order valence-corrected chi connectivity index (χ1v) is 34.5. The van der Waals surface area contributed by atoms with Gasteiger partial charge in [0, 0.05) is 55.6 Å². The van der Waals surface area contributed by atoms with E-state index in [0.717, 1.165) is 64.4 Å². The molecule has 102 heavy (non-hydrogen) atoms. The number of benzene rings is 8. The summed E-state index contributed by atoms with van der Waals surface area (Å²) in [6, 6.07) is 57.0. The molecule has 4 N–H and O–H groups in total. The van der Waals surface area contributed by atoms with Crippen LogP contribution in [0.2, 0.25) is 5.02 Å². The lowest BCUT2D eigenvalue weighted by molar-refractivity contribution is -0.139. The average Bonchev–Trinajstić information content (AvgIpc) is 1.40. The topological polar surface area (TPSA) is 245 Å². The maximum atomic E-state index is 14.1. The van der Waals surface area contributed by atoms with E-state index < -0.39 is 42.0 Å². The molecule has 1 fully saturated rings. The Balaban J connectivity index is 0.000000231. The molecule has 11 rings (SSSR count). The number of aliphatic hydroxyl groups excluding tert-OH is 2. The van der Waals surface area contributed by atoms with Crippen LogP contribution < -0.4 is 43.8 Å². The molecule has 8 aromatic rings. The first kappa shape index (κ1) is 74.2. The zero-order chi connectivity index (χ0) is 71.9. The van der Waals surface area contributed by atoms with Gasteiger partial charge in [0.2, 0.25) is 24.4 Å². The third kappa shape index (κ3) is 20.6. The van der Waals surface area contributed by atoms with Crippen LogP contribution in [0.15, 0.2) is 194 Å². The second-order valence-electron chi connectivity index (χ2n) is 25.3. The number of hydrogen-bond donors (Lipinski definition) is 4. The highest BCUT2D eigenvalue weighted by atomic mass is 35.5. The maximum Gasteiger partial charge on any atom is 0.261 e. The number of hydrogen-bond acceptors (Lipinski definition) is 16. The summed E-state index contributed by atoms with van der Waals surface area (Å²) in [7, 11) is 6.64. The van der Waals surface area contributed by atoms with Gasteiger partial charge in [-0.05, 0) is 153 Å². The SMILES string of the molecule is COc1cc(C(=O)N[C@@H](Cc2ccccc2)[C@@H](O)CN(CCc2ccc3c(c2)OCO3)C(=O)CCN2C(=O)c3ccccc3C2=O)cc(OC)c1OCc1ccccc1.COc1ccc(CCN(C[C@H](O)[C@H](Cc2ccccc2)NC(=O)COc2cccc(Cl)c2)C(=O)C2CCN(C)CC2)cc1. The van der Waals surface area contributed by atoms with E-state index in [1.807, 2.05) is 127 Å². The number of aliphatic hydroxyl groups is 2. The van der Waals surface area contributed by atoms with Crippen molar-refractivity contribution in [2.45, 2.75) is 75.8 Å². The molecule has 6 amide bonds. The molecule has 0 aromatic heterocycles. The number of methoxy groups -OCH3 is 3. The summed E-state index contributed by atoms with van der Waals surface area (Å²) in [4.78, 5) is 87.7. The number of fused-ring (bicyclic) bond motifs is 2. The third-order valence-corrected chi connectivity index (χ3v) is 18.4. The number of imide groups is 1. The summed E-state index contributed by atoms with van der Waals surface area (Å²) >= 11 is 6.04. The van der Waals surface area contributed by atoms with Crippen LogP contribution in [0.4, 0.5) is 0 Å². The second-order valence-corrected chi connectivity index (χ2v) is 25.7. The summed E-state index contributed by atoms with van der Waals surface area (Å²) in [5.41, 5.74) is 5.48. The summed E-state index contributed by atoms with van der Waals surface area (Å²) < 4.78 is 39.3. The lowest BCUT2D eigenvalue weighted by atomic mass is 9.94. The van der Waals surface area contributed by atoms with Crippen LogP contribution in [0.3, 0.4) is 0 Å². The number of carbonyl (C=O) groups excluding carboxylic acids is 6. The highest BCUT2D eigenvalue weighted by Crippen LogP contribution is 2.40. The molecule has 534 valence electrons. The third-order valence-electron chi connectivity index (χ3n) is 18.2. The number of carbonyl (C=O) groups is 6. The van der Waals surface area contributed by atoms with E-state index in [0.29, 0.717) is 65.0 Å². The van der Waals surface area contributed by atoms with Gasteiger partial charge >= 0.3 is 0 Å². The van der Waals surface area contributed by atoms with Gasteiger partial charge in [-0.3, -0.25) is 33.7 Å². The quantitative estimate of drug-likeness (QED) is 0.0287. The molecule has 8 aromatic carbocycles. The molecule has 0 unspecified atom stereocenters. The van der Waals surface area contributed by atoms with Gasteiger partial charge in [-0.2, -0.15) is 0 Å². The number of rotatable bonds is 32. The van der Waals surface area contributed by atoms with Crippen molar-refractivity contribution < 1.29 is 72.1 Å². The Hall–Kier alpha value is -10.5. The molecule has 3 aliphatic heterocycles. The van der Waals surface area contributed by atoms with Gasteiger partial charge in [0.15, 0.2) is 29.6 Å². The van der Waals surface area contributed by atoms with Crippen molar-refractivity contribution in [3.05, 3.63) is 244 Å². The van der Waals surface area contributed by atoms with Crippen molar-refractivity contribution in [2.24, 2.45) is 5.92 Å². The fourth-order valence-electron chi connectivity index (χ4n) is 12.4. The Labute approximate surface area is 599 Å². The first-order valence-electron chi connectivity index (χ1n) is 34.1. The number of halogens is 1. The Morgan fingerprint density at radius 2 is 1.13 bits per heavy atom. The molecule has 3 aliphatic rings. The normalized spacial score (nSPS) is 14.4. The predicted octanol–water partition coefficient (Wildman–Crippen LogP) is 9.70. The van der Waals surface area contributed by atoms with Gasteiger partial charge in [0.1, 0.15) is 18.1 Å². The van der Waals surface area contributed by atoms with Crippen LogP contribution in [0.5, 0.6) is 40.2 Å². The van der Waals surface area contributed by atoms with Gasteiger partial charge in [-0.15, -0.1) is 0 Å². The fraction of sp³-hybridized carbons (Fsp3) is 0.325. The van der Waals surface area contributed by atoms with Gasteiger partial charge in [-0.1, -0.05) is 139 Å². The lowest BCUT2D eigenvalue weighted by Crippen LogP contribution is -2.53. The smallest absolute Gasteiger partial charge is 0.261 e. The number of piperidine rings is 1. The van der Waals surface area contributed by atoms with Crippen molar-refractivity contribution in [3.63, 3.8) is 0 Å². The largest absolute Gasteiger partial charge is 0.497 e. The van der Waals surface area contributed by atoms with Crippen LogP contribution in [-0.2, 0) is 46.7 Å². The van der Waals surface area contributed by atoms with Gasteiger partial charge in [0.05, 0.1) is 56.7 Å². The molecule has 0 spiro atoms. The van der Waals surface area contributed by atoms with Crippen molar-refractivity contribution >= 4 is 47.0 Å². The Bertz CT molecular complexity index is 4050. The predicted molar refractivity (Wildman–Crippen MR) is 386 cm³/mol. The molecule has 22 heteroatoms. The number of amides is 6. The number of ether oxygens (including phenoxy) is 7. The van der Waals surface area contributed by atoms with E-state index in [4.69, 9.17) is 44.8 Å². The molecule has 4 atom stereocenters. The van der Waals surface area contributed by atoms with E-state index in [1.165, 1.54) is 19.1 Å². The van der Waals surface area contributed by atoms with Gasteiger partial charge in [-0.25, -0.2) is 0 Å². The molecule has 0 saturated carbocycles. The lowest BCUT2D eigenvalue weighted by Gasteiger charge is -2.35. The van der Waals surface area contributed by atoms with E-state index in [-0.39, 0.29) is 99.7 Å². The summed E-state index contributed by atoms with van der Waals surface area (Å²) in [5.74, 6) is 1.15. The first-order chi connectivity index (χ1) is 49.5. The minimum Gasteiger partial charge on any atom is -0.497 e. The zero-order valence-electron chi connectivity index (χ0n) is 57.8. The molecule has 0 radical (unpaired) electrons. The number of likely N-dealkylation sites (tertiary alicyclic amines) is 1. The summed E-state index contributed by atoms with van der Waals surface area (Å²) in [6.45, 7) is 2.31. The number of nitrogens with one attached hydrogen (secondary N) is 2. The standard InChI is InChI=1S/C46H45N3O10.C34H42ClN3O5/c1-55-40-25-33(26-41(56-2)43(40)57-28-32-13-7-4-8-14-32)44(52)47-36(23-30-11-5-3-6-12-30)37(50)27-48(21-19-31-17-18-38-39(24-31)59-29-58-38)42(51)20-22-49-45(53)34-15-9-10-16-35(34)46(49)54;1-37-18-16-27(17-19-37)34(41)38(20-15-25-11-13-29(42-2)14-12-25)23-32(39)31(21-26-7-4-3-5-8-26)36-33(40)24-43-30-10-6-9-28(35)22-30/h3-18,24-26,36-37,50H,19-23,27-29H2,1-2H3,(H,47,52);3-14,22,27,31-32,39H,15-21,23-24H2,1-2H3,(H,36,40)/t36-,37-;31-,32-/m00/s1. The average molecular weight is 1410 g/mol.